The molecule has 18 heavy (non-hydrogen) atoms. The van der Waals surface area contributed by atoms with Gasteiger partial charge in [-0.15, -0.1) is 0 Å². The quantitative estimate of drug-likeness (QED) is 0.740. The van der Waals surface area contributed by atoms with Crippen LogP contribution in [0.4, 0.5) is 0 Å². The minimum Gasteiger partial charge on any atom is -0.355 e. The van der Waals surface area contributed by atoms with E-state index in [1.54, 1.807) is 0 Å². The van der Waals surface area contributed by atoms with Gasteiger partial charge in [-0.1, -0.05) is 6.92 Å². The van der Waals surface area contributed by atoms with Crippen LogP contribution in [0.5, 0.6) is 0 Å². The Morgan fingerprint density at radius 3 is 3.11 bits per heavy atom. The zero-order chi connectivity index (χ0) is 13.0. The Kier molecular flexibility index (Phi) is 4.43. The lowest BCUT2D eigenvalue weighted by Gasteiger charge is -2.12. The van der Waals surface area contributed by atoms with Gasteiger partial charge in [0.1, 0.15) is 5.52 Å². The third kappa shape index (κ3) is 2.94. The third-order valence-electron chi connectivity index (χ3n) is 2.76. The second-order valence-corrected chi connectivity index (χ2v) is 5.53. The van der Waals surface area contributed by atoms with E-state index >= 15 is 0 Å². The number of hydrogen-bond donors (Lipinski definition) is 3. The summed E-state index contributed by atoms with van der Waals surface area (Å²) >= 11 is 1.92. The Morgan fingerprint density at radius 1 is 1.50 bits per heavy atom. The maximum atomic E-state index is 11.5. The molecule has 0 aliphatic carbocycles. The number of thioether (sulfide) groups is 1. The summed E-state index contributed by atoms with van der Waals surface area (Å²) in [6.07, 6.45) is 3.29. The van der Waals surface area contributed by atoms with Crippen LogP contribution >= 0.6 is 11.8 Å². The van der Waals surface area contributed by atoms with Gasteiger partial charge >= 0.3 is 0 Å². The molecular weight excluding hydrogens is 248 g/mol. The molecule has 0 spiro atoms. The van der Waals surface area contributed by atoms with E-state index in [-0.39, 0.29) is 5.56 Å². The fourth-order valence-corrected chi connectivity index (χ4v) is 2.48. The van der Waals surface area contributed by atoms with Crippen molar-refractivity contribution >= 4 is 22.8 Å². The van der Waals surface area contributed by atoms with E-state index in [4.69, 9.17) is 0 Å². The lowest BCUT2D eigenvalue weighted by Crippen LogP contribution is -2.27. The molecule has 0 bridgehead atoms. The molecule has 0 aliphatic rings. The first-order chi connectivity index (χ1) is 8.72. The van der Waals surface area contributed by atoms with Crippen molar-refractivity contribution in [1.29, 1.82) is 0 Å². The van der Waals surface area contributed by atoms with Gasteiger partial charge in [-0.05, 0) is 12.7 Å². The van der Waals surface area contributed by atoms with Crippen molar-refractivity contribution in [2.45, 2.75) is 26.4 Å². The van der Waals surface area contributed by atoms with Crippen LogP contribution in [0.3, 0.4) is 0 Å². The van der Waals surface area contributed by atoms with Crippen molar-refractivity contribution in [3.05, 3.63) is 28.4 Å². The molecule has 5 nitrogen and oxygen atoms in total. The van der Waals surface area contributed by atoms with Gasteiger partial charge in [0.15, 0.2) is 0 Å². The molecule has 0 fully saturated rings. The van der Waals surface area contributed by atoms with Gasteiger partial charge in [0, 0.05) is 30.1 Å². The van der Waals surface area contributed by atoms with Crippen molar-refractivity contribution in [2.75, 3.05) is 11.5 Å². The molecule has 2 aromatic heterocycles. The van der Waals surface area contributed by atoms with Crippen LogP contribution in [-0.2, 0) is 6.54 Å². The van der Waals surface area contributed by atoms with Crippen LogP contribution in [0.1, 0.15) is 19.4 Å². The minimum absolute atomic E-state index is 0.124. The third-order valence-corrected chi connectivity index (χ3v) is 3.90. The van der Waals surface area contributed by atoms with E-state index in [1.165, 1.54) is 6.33 Å². The highest BCUT2D eigenvalue weighted by molar-refractivity contribution is 7.99. The number of nitrogens with zero attached hydrogens (tertiary/aromatic N) is 1. The van der Waals surface area contributed by atoms with E-state index in [9.17, 15) is 4.79 Å². The number of aromatic nitrogens is 3. The molecule has 98 valence electrons. The van der Waals surface area contributed by atoms with Crippen molar-refractivity contribution < 1.29 is 0 Å². The molecule has 0 unspecified atom stereocenters. The normalized spacial score (nSPS) is 13.0. The molecule has 2 aromatic rings. The van der Waals surface area contributed by atoms with Crippen LogP contribution in [0.25, 0.3) is 11.0 Å². The number of aromatic amines is 2. The van der Waals surface area contributed by atoms with Crippen LogP contribution in [0, 0.1) is 0 Å². The van der Waals surface area contributed by atoms with Crippen molar-refractivity contribution in [2.24, 2.45) is 0 Å². The largest absolute Gasteiger partial charge is 0.355 e. The zero-order valence-electron chi connectivity index (χ0n) is 10.6. The van der Waals surface area contributed by atoms with Gasteiger partial charge in [-0.25, -0.2) is 4.98 Å². The fourth-order valence-electron chi connectivity index (χ4n) is 1.78. The summed E-state index contributed by atoms with van der Waals surface area (Å²) in [7, 11) is 0. The number of nitrogens with one attached hydrogen (secondary N) is 3. The summed E-state index contributed by atoms with van der Waals surface area (Å²) in [6.45, 7) is 5.05. The summed E-state index contributed by atoms with van der Waals surface area (Å²) in [4.78, 5) is 21.3. The molecule has 2 rings (SSSR count). The Morgan fingerprint density at radius 2 is 2.33 bits per heavy atom. The summed E-state index contributed by atoms with van der Waals surface area (Å²) in [5, 5.41) is 3.44. The Labute approximate surface area is 110 Å². The summed E-state index contributed by atoms with van der Waals surface area (Å²) in [6, 6.07) is 0.446. The molecule has 6 heteroatoms. The molecule has 0 aliphatic heterocycles. The lowest BCUT2D eigenvalue weighted by atomic mass is 10.2. The van der Waals surface area contributed by atoms with E-state index in [0.29, 0.717) is 11.6 Å². The van der Waals surface area contributed by atoms with Crippen LogP contribution in [-0.4, -0.2) is 32.5 Å². The Hall–Kier alpha value is -1.27. The molecule has 1 atom stereocenters. The zero-order valence-corrected chi connectivity index (χ0v) is 11.4. The van der Waals surface area contributed by atoms with Gasteiger partial charge in [0.2, 0.25) is 0 Å². The molecule has 0 saturated carbocycles. The van der Waals surface area contributed by atoms with Gasteiger partial charge < -0.3 is 15.3 Å². The smallest absolute Gasteiger partial charge is 0.275 e. The second kappa shape index (κ2) is 6.06. The van der Waals surface area contributed by atoms with Crippen molar-refractivity contribution in [3.8, 4) is 0 Å². The van der Waals surface area contributed by atoms with Gasteiger partial charge in [-0.2, -0.15) is 11.8 Å². The molecule has 0 saturated heterocycles. The molecule has 0 amide bonds. The number of H-pyrrole nitrogens is 2. The first kappa shape index (κ1) is 13.2. The van der Waals surface area contributed by atoms with Crippen LogP contribution in [0.2, 0.25) is 0 Å². The van der Waals surface area contributed by atoms with Crippen molar-refractivity contribution in [3.63, 3.8) is 0 Å². The Bertz CT molecular complexity index is 562. The highest BCUT2D eigenvalue weighted by atomic mass is 32.2. The average molecular weight is 266 g/mol. The number of hydrogen-bond acceptors (Lipinski definition) is 4. The highest BCUT2D eigenvalue weighted by Crippen LogP contribution is 2.11. The molecular formula is C12H18N4OS. The molecule has 2 heterocycles. The number of rotatable bonds is 6. The predicted molar refractivity (Wildman–Crippen MR) is 76.0 cm³/mol. The second-order valence-electron chi connectivity index (χ2n) is 4.21. The van der Waals surface area contributed by atoms with Gasteiger partial charge in [0.25, 0.3) is 5.56 Å². The average Bonchev–Trinajstić information content (AvgIpc) is 2.78. The van der Waals surface area contributed by atoms with Gasteiger partial charge in [-0.3, -0.25) is 4.79 Å². The van der Waals surface area contributed by atoms with Gasteiger partial charge in [0.05, 0.1) is 11.8 Å². The topological polar surface area (TPSA) is 73.6 Å². The van der Waals surface area contributed by atoms with Crippen LogP contribution < -0.4 is 10.9 Å². The summed E-state index contributed by atoms with van der Waals surface area (Å²) < 4.78 is 0. The molecule has 0 aromatic carbocycles. The summed E-state index contributed by atoms with van der Waals surface area (Å²) in [5.74, 6) is 2.23. The monoisotopic (exact) mass is 266 g/mol. The predicted octanol–water partition coefficient (Wildman–Crippen LogP) is 1.48. The maximum Gasteiger partial charge on any atom is 0.275 e. The first-order valence-corrected chi connectivity index (χ1v) is 7.22. The van der Waals surface area contributed by atoms with E-state index in [2.05, 4.69) is 34.1 Å². The maximum absolute atomic E-state index is 11.5. The molecule has 0 radical (unpaired) electrons. The first-order valence-electron chi connectivity index (χ1n) is 6.07. The standard InChI is InChI=1S/C12H18N4OS/c1-3-18-6-8(2)13-4-9-5-14-11-10(9)15-7-16-12(11)17/h5,7-8,13-14H,3-4,6H2,1-2H3,(H,15,16,17)/t8-/m1/s1. The van der Waals surface area contributed by atoms with E-state index in [1.807, 2.05) is 18.0 Å². The lowest BCUT2D eigenvalue weighted by molar-refractivity contribution is 0.597. The number of fused-ring (bicyclic) bond motifs is 1. The van der Waals surface area contributed by atoms with E-state index < -0.39 is 0 Å². The van der Waals surface area contributed by atoms with Crippen molar-refractivity contribution in [1.82, 2.24) is 20.3 Å². The van der Waals surface area contributed by atoms with E-state index in [0.717, 1.165) is 29.1 Å². The summed E-state index contributed by atoms with van der Waals surface area (Å²) in [5.41, 5.74) is 2.21. The van der Waals surface area contributed by atoms with Crippen LogP contribution in [0.15, 0.2) is 17.3 Å². The minimum atomic E-state index is -0.124. The molecule has 3 N–H and O–H groups in total. The SMILES string of the molecule is CCSC[C@@H](C)NCc1c[nH]c2c(=O)[nH]cnc12. The highest BCUT2D eigenvalue weighted by Gasteiger charge is 2.08. The Balaban J connectivity index is 2.04. The fraction of sp³-hybridized carbons (Fsp3) is 0.500.